The number of rotatable bonds is 2. The molecule has 6 heteroatoms. The third-order valence-electron chi connectivity index (χ3n) is 6.27. The lowest BCUT2D eigenvalue weighted by molar-refractivity contribution is -0.193. The van der Waals surface area contributed by atoms with E-state index in [1.807, 2.05) is 0 Å². The van der Waals surface area contributed by atoms with Crippen LogP contribution in [0.3, 0.4) is 0 Å². The van der Waals surface area contributed by atoms with Gasteiger partial charge in [0.25, 0.3) is 0 Å². The van der Waals surface area contributed by atoms with Gasteiger partial charge in [0.2, 0.25) is 0 Å². The summed E-state index contributed by atoms with van der Waals surface area (Å²) in [5.74, 6) is 1.70. The van der Waals surface area contributed by atoms with Crippen LogP contribution in [0, 0.1) is 23.2 Å². The largest absolute Gasteiger partial charge is 0.448 e. The Hall–Kier alpha value is -1.46. The fraction of sp³-hybridized carbons (Fsp3) is 0.882. The van der Waals surface area contributed by atoms with Crippen LogP contribution in [-0.2, 0) is 9.47 Å². The second-order valence-corrected chi connectivity index (χ2v) is 7.48. The predicted molar refractivity (Wildman–Crippen MR) is 84.5 cm³/mol. The molecule has 23 heavy (non-hydrogen) atoms. The minimum atomic E-state index is -0.447. The summed E-state index contributed by atoms with van der Waals surface area (Å²) in [4.78, 5) is 24.8. The van der Waals surface area contributed by atoms with Crippen molar-refractivity contribution in [3.63, 3.8) is 0 Å². The summed E-state index contributed by atoms with van der Waals surface area (Å²) < 4.78 is 10.4. The van der Waals surface area contributed by atoms with Crippen molar-refractivity contribution < 1.29 is 19.1 Å². The van der Waals surface area contributed by atoms with Gasteiger partial charge in [-0.05, 0) is 56.3 Å². The highest BCUT2D eigenvalue weighted by Gasteiger charge is 2.61. The summed E-state index contributed by atoms with van der Waals surface area (Å²) in [5.41, 5.74) is 0.355. The number of carbonyl (C=O) groups excluding carboxylic acids is 2. The number of ether oxygens (including phenoxy) is 2. The van der Waals surface area contributed by atoms with E-state index in [9.17, 15) is 9.59 Å². The van der Waals surface area contributed by atoms with E-state index >= 15 is 0 Å². The molecule has 0 radical (unpaired) electrons. The van der Waals surface area contributed by atoms with Crippen LogP contribution in [0.2, 0.25) is 0 Å². The van der Waals surface area contributed by atoms with E-state index in [4.69, 9.17) is 9.47 Å². The van der Waals surface area contributed by atoms with Gasteiger partial charge in [0.05, 0.1) is 19.3 Å². The molecule has 3 saturated carbocycles. The van der Waals surface area contributed by atoms with E-state index in [0.717, 1.165) is 12.8 Å². The van der Waals surface area contributed by atoms with Crippen molar-refractivity contribution in [2.24, 2.45) is 23.2 Å². The first-order valence-corrected chi connectivity index (χ1v) is 8.81. The first-order chi connectivity index (χ1) is 10.9. The van der Waals surface area contributed by atoms with Crippen LogP contribution in [0.1, 0.15) is 47.0 Å². The summed E-state index contributed by atoms with van der Waals surface area (Å²) in [6, 6.07) is 0.0592. The number of hydrazine groups is 1. The maximum atomic E-state index is 12.5. The first-order valence-electron chi connectivity index (χ1n) is 8.81. The zero-order valence-electron chi connectivity index (χ0n) is 14.6. The summed E-state index contributed by atoms with van der Waals surface area (Å²) in [7, 11) is 0. The Morgan fingerprint density at radius 2 is 1.74 bits per heavy atom. The fourth-order valence-corrected chi connectivity index (χ4v) is 4.95. The Morgan fingerprint density at radius 3 is 2.35 bits per heavy atom. The number of amides is 2. The highest BCUT2D eigenvalue weighted by Crippen LogP contribution is 2.63. The van der Waals surface area contributed by atoms with Gasteiger partial charge in [0.1, 0.15) is 0 Å². The topological polar surface area (TPSA) is 59.1 Å². The first kappa shape index (κ1) is 16.4. The third-order valence-corrected chi connectivity index (χ3v) is 6.27. The van der Waals surface area contributed by atoms with E-state index in [0.29, 0.717) is 42.9 Å². The van der Waals surface area contributed by atoms with Crippen molar-refractivity contribution in [1.29, 1.82) is 0 Å². The van der Waals surface area contributed by atoms with Crippen LogP contribution in [0.15, 0.2) is 0 Å². The van der Waals surface area contributed by atoms with E-state index in [1.54, 1.807) is 18.9 Å². The second-order valence-electron chi connectivity index (χ2n) is 7.48. The molecule has 3 aliphatic carbocycles. The molecule has 1 saturated heterocycles. The van der Waals surface area contributed by atoms with Crippen molar-refractivity contribution in [2.75, 3.05) is 19.8 Å². The Balaban J connectivity index is 1.84. The minimum Gasteiger partial charge on any atom is -0.448 e. The average Bonchev–Trinajstić information content (AvgIpc) is 2.53. The Bertz CT molecular complexity index is 493. The molecule has 4 fully saturated rings. The number of nitrogens with zero attached hydrogens (tertiary/aromatic N) is 2. The second kappa shape index (κ2) is 5.87. The predicted octanol–water partition coefficient (Wildman–Crippen LogP) is 3.27. The third kappa shape index (κ3) is 2.46. The van der Waals surface area contributed by atoms with Crippen LogP contribution in [0.25, 0.3) is 0 Å². The maximum absolute atomic E-state index is 12.5. The smallest absolute Gasteiger partial charge is 0.429 e. The summed E-state index contributed by atoms with van der Waals surface area (Å²) in [6.07, 6.45) is 2.26. The van der Waals surface area contributed by atoms with Crippen LogP contribution >= 0.6 is 0 Å². The molecule has 0 spiro atoms. The van der Waals surface area contributed by atoms with Gasteiger partial charge >= 0.3 is 12.2 Å². The lowest BCUT2D eigenvalue weighted by Gasteiger charge is -2.65. The molecule has 0 N–H and O–H groups in total. The van der Waals surface area contributed by atoms with Crippen LogP contribution in [-0.4, -0.2) is 48.0 Å². The molecular weight excluding hydrogens is 296 g/mol. The van der Waals surface area contributed by atoms with E-state index in [-0.39, 0.29) is 6.04 Å². The standard InChI is InChI=1S/C17H28N2O4/c1-5-22-15(20)18-8-7-12-13-9-11(17(13,3)4)10-14(12)19(18)16(21)23-6-2/h11-14H,5-10H2,1-4H3. The molecule has 0 aromatic carbocycles. The molecule has 2 amide bonds. The summed E-state index contributed by atoms with van der Waals surface area (Å²) >= 11 is 0. The normalized spacial score (nSPS) is 34.3. The number of hydrogen-bond donors (Lipinski definition) is 0. The Labute approximate surface area is 138 Å². The van der Waals surface area contributed by atoms with E-state index < -0.39 is 12.2 Å². The lowest BCUT2D eigenvalue weighted by Crippen LogP contribution is -2.69. The van der Waals surface area contributed by atoms with E-state index in [2.05, 4.69) is 13.8 Å². The van der Waals surface area contributed by atoms with Gasteiger partial charge in [-0.2, -0.15) is 0 Å². The summed E-state index contributed by atoms with van der Waals surface area (Å²) in [6.45, 7) is 9.38. The van der Waals surface area contributed by atoms with Gasteiger partial charge < -0.3 is 9.47 Å². The zero-order chi connectivity index (χ0) is 16.8. The molecule has 4 rings (SSSR count). The van der Waals surface area contributed by atoms with Gasteiger partial charge in [-0.15, -0.1) is 0 Å². The molecule has 0 aromatic heterocycles. The molecule has 130 valence electrons. The molecular formula is C17H28N2O4. The minimum absolute atomic E-state index is 0.0592. The molecule has 1 heterocycles. The van der Waals surface area contributed by atoms with Gasteiger partial charge in [0, 0.05) is 6.54 Å². The monoisotopic (exact) mass is 324 g/mol. The van der Waals surface area contributed by atoms with Gasteiger partial charge in [-0.1, -0.05) is 13.8 Å². The Kier molecular flexibility index (Phi) is 4.19. The highest BCUT2D eigenvalue weighted by atomic mass is 16.6. The van der Waals surface area contributed by atoms with Crippen molar-refractivity contribution in [2.45, 2.75) is 53.0 Å². The molecule has 4 atom stereocenters. The zero-order valence-corrected chi connectivity index (χ0v) is 14.6. The van der Waals surface area contributed by atoms with Crippen molar-refractivity contribution in [3.8, 4) is 0 Å². The van der Waals surface area contributed by atoms with Crippen LogP contribution in [0.4, 0.5) is 9.59 Å². The van der Waals surface area contributed by atoms with Crippen molar-refractivity contribution in [1.82, 2.24) is 10.0 Å². The highest BCUT2D eigenvalue weighted by molar-refractivity contribution is 5.75. The van der Waals surface area contributed by atoms with Gasteiger partial charge in [-0.25, -0.2) is 19.6 Å². The fourth-order valence-electron chi connectivity index (χ4n) is 4.95. The van der Waals surface area contributed by atoms with Gasteiger partial charge in [-0.3, -0.25) is 0 Å². The molecule has 6 nitrogen and oxygen atoms in total. The average molecular weight is 324 g/mol. The number of hydrogen-bond acceptors (Lipinski definition) is 4. The van der Waals surface area contributed by atoms with E-state index in [1.165, 1.54) is 11.4 Å². The van der Waals surface area contributed by atoms with Crippen molar-refractivity contribution >= 4 is 12.2 Å². The number of carbonyl (C=O) groups is 2. The van der Waals surface area contributed by atoms with Crippen LogP contribution in [0.5, 0.6) is 0 Å². The molecule has 4 aliphatic rings. The van der Waals surface area contributed by atoms with Gasteiger partial charge in [0.15, 0.2) is 0 Å². The lowest BCUT2D eigenvalue weighted by atomic mass is 9.43. The quantitative estimate of drug-likeness (QED) is 0.782. The Morgan fingerprint density at radius 1 is 1.09 bits per heavy atom. The van der Waals surface area contributed by atoms with Crippen LogP contribution < -0.4 is 0 Å². The SMILES string of the molecule is CCOC(=O)N1CCC2C(CC3CC2C3(C)C)N1C(=O)OCC. The molecule has 4 unspecified atom stereocenters. The van der Waals surface area contributed by atoms with Crippen molar-refractivity contribution in [3.05, 3.63) is 0 Å². The molecule has 2 bridgehead atoms. The maximum Gasteiger partial charge on any atom is 0.429 e. The molecule has 0 aromatic rings. The summed E-state index contributed by atoms with van der Waals surface area (Å²) in [5, 5.41) is 3.02. The molecule has 1 aliphatic heterocycles.